The number of ether oxygens (including phenoxy) is 1. The molecule has 0 spiro atoms. The molecule has 0 radical (unpaired) electrons. The fraction of sp³-hybridized carbons (Fsp3) is 0.500. The van der Waals surface area contributed by atoms with Gasteiger partial charge in [-0.3, -0.25) is 0 Å². The van der Waals surface area contributed by atoms with E-state index in [-0.39, 0.29) is 5.82 Å². The number of rotatable bonds is 4. The molecule has 0 heterocycles. The largest absolute Gasteiger partial charge is 0.494 e. The molecule has 1 aromatic carbocycles. The smallest absolute Gasteiger partial charge is 0.165 e. The van der Waals surface area contributed by atoms with Gasteiger partial charge in [0.05, 0.1) is 7.11 Å². The molecule has 0 atom stereocenters. The first kappa shape index (κ1) is 10.3. The van der Waals surface area contributed by atoms with Crippen LogP contribution in [0.2, 0.25) is 0 Å². The number of nitrogens with one attached hydrogen (secondary N) is 1. The monoisotopic (exact) mass is 209 g/mol. The molecule has 3 heteroatoms. The summed E-state index contributed by atoms with van der Waals surface area (Å²) >= 11 is 0. The quantitative estimate of drug-likeness (QED) is 0.823. The molecular formula is C12H16FNO. The lowest BCUT2D eigenvalue weighted by Crippen LogP contribution is -2.20. The molecule has 2 nitrogen and oxygen atoms in total. The molecule has 1 saturated carbocycles. The van der Waals surface area contributed by atoms with Gasteiger partial charge in [-0.05, 0) is 30.9 Å². The van der Waals surface area contributed by atoms with Crippen LogP contribution in [0.25, 0.3) is 0 Å². The van der Waals surface area contributed by atoms with Gasteiger partial charge in [-0.1, -0.05) is 6.42 Å². The van der Waals surface area contributed by atoms with Crippen molar-refractivity contribution < 1.29 is 9.13 Å². The average molecular weight is 209 g/mol. The van der Waals surface area contributed by atoms with E-state index in [1.54, 1.807) is 12.1 Å². The van der Waals surface area contributed by atoms with Crippen molar-refractivity contribution in [3.63, 3.8) is 0 Å². The van der Waals surface area contributed by atoms with Gasteiger partial charge < -0.3 is 10.1 Å². The average Bonchev–Trinajstić information content (AvgIpc) is 2.18. The lowest BCUT2D eigenvalue weighted by atomic mass is 9.85. The van der Waals surface area contributed by atoms with Gasteiger partial charge in [0.25, 0.3) is 0 Å². The van der Waals surface area contributed by atoms with E-state index in [0.29, 0.717) is 5.75 Å². The third-order valence-electron chi connectivity index (χ3n) is 2.97. The Morgan fingerprint density at radius 3 is 2.87 bits per heavy atom. The summed E-state index contributed by atoms with van der Waals surface area (Å²) in [5, 5.41) is 3.30. The van der Waals surface area contributed by atoms with E-state index in [1.807, 2.05) is 0 Å². The molecule has 2 rings (SSSR count). The van der Waals surface area contributed by atoms with Gasteiger partial charge in [0.2, 0.25) is 0 Å². The van der Waals surface area contributed by atoms with E-state index in [4.69, 9.17) is 4.74 Å². The van der Waals surface area contributed by atoms with Crippen LogP contribution in [0.5, 0.6) is 5.75 Å². The van der Waals surface area contributed by atoms with Crippen LogP contribution >= 0.6 is 0 Å². The Morgan fingerprint density at radius 2 is 2.27 bits per heavy atom. The van der Waals surface area contributed by atoms with Crippen LogP contribution in [0, 0.1) is 11.7 Å². The second-order valence-corrected chi connectivity index (χ2v) is 4.03. The summed E-state index contributed by atoms with van der Waals surface area (Å²) in [7, 11) is 1.48. The zero-order valence-electron chi connectivity index (χ0n) is 8.92. The van der Waals surface area contributed by atoms with Crippen molar-refractivity contribution in [1.82, 2.24) is 0 Å². The summed E-state index contributed by atoms with van der Waals surface area (Å²) in [6.07, 6.45) is 3.97. The van der Waals surface area contributed by atoms with Crippen LogP contribution in [0.3, 0.4) is 0 Å². The number of halogens is 1. The second kappa shape index (κ2) is 4.51. The van der Waals surface area contributed by atoms with Crippen LogP contribution in [-0.2, 0) is 0 Å². The van der Waals surface area contributed by atoms with Gasteiger partial charge in [-0.25, -0.2) is 4.39 Å². The summed E-state index contributed by atoms with van der Waals surface area (Å²) < 4.78 is 18.0. The Hall–Kier alpha value is -1.25. The lowest BCUT2D eigenvalue weighted by Gasteiger charge is -2.25. The molecule has 0 unspecified atom stereocenters. The summed E-state index contributed by atoms with van der Waals surface area (Å²) in [6.45, 7) is 0.981. The minimum Gasteiger partial charge on any atom is -0.494 e. The fourth-order valence-electron chi connectivity index (χ4n) is 1.73. The molecule has 0 bridgehead atoms. The van der Waals surface area contributed by atoms with Gasteiger partial charge in [0, 0.05) is 18.3 Å². The van der Waals surface area contributed by atoms with Crippen LogP contribution < -0.4 is 10.1 Å². The van der Waals surface area contributed by atoms with Crippen molar-refractivity contribution in [3.8, 4) is 5.75 Å². The SMILES string of the molecule is COc1cc(NCC2CCC2)ccc1F. The molecule has 1 N–H and O–H groups in total. The fourth-order valence-corrected chi connectivity index (χ4v) is 1.73. The molecule has 82 valence electrons. The minimum absolute atomic E-state index is 0.300. The number of benzene rings is 1. The molecule has 0 amide bonds. The molecular weight excluding hydrogens is 193 g/mol. The van der Waals surface area contributed by atoms with Crippen molar-refractivity contribution in [1.29, 1.82) is 0 Å². The van der Waals surface area contributed by atoms with E-state index < -0.39 is 0 Å². The lowest BCUT2D eigenvalue weighted by molar-refractivity contribution is 0.333. The highest BCUT2D eigenvalue weighted by Gasteiger charge is 2.16. The van der Waals surface area contributed by atoms with Crippen LogP contribution in [0.15, 0.2) is 18.2 Å². The highest BCUT2D eigenvalue weighted by Crippen LogP contribution is 2.27. The van der Waals surface area contributed by atoms with E-state index in [1.165, 1.54) is 32.4 Å². The predicted molar refractivity (Wildman–Crippen MR) is 58.8 cm³/mol. The maximum atomic E-state index is 13.1. The van der Waals surface area contributed by atoms with Gasteiger partial charge in [0.1, 0.15) is 0 Å². The summed E-state index contributed by atoms with van der Waals surface area (Å²) in [4.78, 5) is 0. The van der Waals surface area contributed by atoms with Crippen molar-refractivity contribution in [3.05, 3.63) is 24.0 Å². The van der Waals surface area contributed by atoms with Gasteiger partial charge in [-0.2, -0.15) is 0 Å². The summed E-state index contributed by atoms with van der Waals surface area (Å²) in [5.41, 5.74) is 0.931. The van der Waals surface area contributed by atoms with E-state index in [9.17, 15) is 4.39 Å². The Morgan fingerprint density at radius 1 is 1.47 bits per heavy atom. The molecule has 15 heavy (non-hydrogen) atoms. The predicted octanol–water partition coefficient (Wildman–Crippen LogP) is 3.05. The van der Waals surface area contributed by atoms with Gasteiger partial charge >= 0.3 is 0 Å². The molecule has 1 aliphatic carbocycles. The van der Waals surface area contributed by atoms with Crippen molar-refractivity contribution in [2.24, 2.45) is 5.92 Å². The maximum absolute atomic E-state index is 13.1. The standard InChI is InChI=1S/C12H16FNO/c1-15-12-7-10(5-6-11(12)13)14-8-9-3-2-4-9/h5-7,9,14H,2-4,8H2,1H3. The summed E-state index contributed by atoms with van der Waals surface area (Å²) in [6, 6.07) is 4.88. The Kier molecular flexibility index (Phi) is 3.09. The number of methoxy groups -OCH3 is 1. The van der Waals surface area contributed by atoms with Crippen molar-refractivity contribution >= 4 is 5.69 Å². The first-order chi connectivity index (χ1) is 7.29. The van der Waals surface area contributed by atoms with Crippen LogP contribution in [0.4, 0.5) is 10.1 Å². The zero-order valence-corrected chi connectivity index (χ0v) is 8.92. The molecule has 0 aromatic heterocycles. The summed E-state index contributed by atoms with van der Waals surface area (Å²) in [5.74, 6) is 0.779. The first-order valence-corrected chi connectivity index (χ1v) is 5.37. The molecule has 0 saturated heterocycles. The zero-order chi connectivity index (χ0) is 10.7. The minimum atomic E-state index is -0.313. The Bertz CT molecular complexity index is 336. The molecule has 0 aliphatic heterocycles. The number of anilines is 1. The first-order valence-electron chi connectivity index (χ1n) is 5.37. The van der Waals surface area contributed by atoms with Gasteiger partial charge in [-0.15, -0.1) is 0 Å². The molecule has 1 aliphatic rings. The third-order valence-corrected chi connectivity index (χ3v) is 2.97. The van der Waals surface area contributed by atoms with Crippen LogP contribution in [-0.4, -0.2) is 13.7 Å². The highest BCUT2D eigenvalue weighted by atomic mass is 19.1. The van der Waals surface area contributed by atoms with E-state index in [0.717, 1.165) is 18.2 Å². The van der Waals surface area contributed by atoms with Gasteiger partial charge in [0.15, 0.2) is 11.6 Å². The van der Waals surface area contributed by atoms with E-state index >= 15 is 0 Å². The van der Waals surface area contributed by atoms with Crippen molar-refractivity contribution in [2.45, 2.75) is 19.3 Å². The van der Waals surface area contributed by atoms with Crippen molar-refractivity contribution in [2.75, 3.05) is 19.0 Å². The highest BCUT2D eigenvalue weighted by molar-refractivity contribution is 5.48. The van der Waals surface area contributed by atoms with E-state index in [2.05, 4.69) is 5.32 Å². The maximum Gasteiger partial charge on any atom is 0.165 e. The normalized spacial score (nSPS) is 15.9. The van der Waals surface area contributed by atoms with Crippen LogP contribution in [0.1, 0.15) is 19.3 Å². The Balaban J connectivity index is 1.95. The number of hydrogen-bond acceptors (Lipinski definition) is 2. The number of hydrogen-bond donors (Lipinski definition) is 1. The third kappa shape index (κ3) is 2.41. The molecule has 1 aromatic rings. The molecule has 1 fully saturated rings. The second-order valence-electron chi connectivity index (χ2n) is 4.03. The Labute approximate surface area is 89.4 Å². The topological polar surface area (TPSA) is 21.3 Å².